The molecule has 86 valence electrons. The zero-order valence-corrected chi connectivity index (χ0v) is 10.4. The Bertz CT molecular complexity index is 362. The summed E-state index contributed by atoms with van der Waals surface area (Å²) < 4.78 is 0. The van der Waals surface area contributed by atoms with Gasteiger partial charge in [0.05, 0.1) is 0 Å². The van der Waals surface area contributed by atoms with E-state index in [-0.39, 0.29) is 0 Å². The molecule has 0 saturated carbocycles. The molecule has 0 bridgehead atoms. The van der Waals surface area contributed by atoms with E-state index >= 15 is 0 Å². The summed E-state index contributed by atoms with van der Waals surface area (Å²) in [6.45, 7) is 5.68. The second kappa shape index (κ2) is 4.82. The first-order valence-electron chi connectivity index (χ1n) is 6.26. The van der Waals surface area contributed by atoms with Crippen molar-refractivity contribution in [2.45, 2.75) is 39.5 Å². The first-order chi connectivity index (χ1) is 7.68. The van der Waals surface area contributed by atoms with E-state index in [2.05, 4.69) is 49.2 Å². The van der Waals surface area contributed by atoms with Crippen LogP contribution < -0.4 is 0 Å². The Morgan fingerprint density at radius 1 is 1.12 bits per heavy atom. The first kappa shape index (κ1) is 11.4. The van der Waals surface area contributed by atoms with Crippen LogP contribution in [-0.4, -0.2) is 12.3 Å². The van der Waals surface area contributed by atoms with E-state index in [0.717, 1.165) is 6.54 Å². The Morgan fingerprint density at radius 2 is 1.88 bits per heavy atom. The van der Waals surface area contributed by atoms with Crippen LogP contribution in [0.2, 0.25) is 0 Å². The fourth-order valence-corrected chi connectivity index (χ4v) is 2.35. The molecule has 0 amide bonds. The van der Waals surface area contributed by atoms with Crippen LogP contribution in [0.5, 0.6) is 0 Å². The Balaban J connectivity index is 1.81. The van der Waals surface area contributed by atoms with E-state index in [1.165, 1.54) is 37.0 Å². The molecule has 0 fully saturated rings. The average Bonchev–Trinajstić information content (AvgIpc) is 2.60. The van der Waals surface area contributed by atoms with Gasteiger partial charge in [-0.2, -0.15) is 0 Å². The smallest absolute Gasteiger partial charge is 0.0397 e. The lowest BCUT2D eigenvalue weighted by atomic mass is 9.84. The van der Waals surface area contributed by atoms with E-state index < -0.39 is 0 Å². The SMILES string of the molecule is CC1(C)CCN=C1CCCc1ccccc1. The lowest BCUT2D eigenvalue weighted by Crippen LogP contribution is -2.19. The lowest BCUT2D eigenvalue weighted by Gasteiger charge is -2.19. The molecule has 2 rings (SSSR count). The number of benzene rings is 1. The highest BCUT2D eigenvalue weighted by Crippen LogP contribution is 2.30. The minimum atomic E-state index is 0.358. The molecule has 1 aliphatic rings. The van der Waals surface area contributed by atoms with Crippen molar-refractivity contribution in [3.63, 3.8) is 0 Å². The molecule has 1 heteroatoms. The van der Waals surface area contributed by atoms with Crippen molar-refractivity contribution in [2.75, 3.05) is 6.54 Å². The molecule has 0 aliphatic carbocycles. The van der Waals surface area contributed by atoms with Gasteiger partial charge in [0, 0.05) is 17.7 Å². The Kier molecular flexibility index (Phi) is 3.42. The number of aryl methyl sites for hydroxylation is 1. The van der Waals surface area contributed by atoms with Gasteiger partial charge in [0.15, 0.2) is 0 Å². The molecule has 1 heterocycles. The molecule has 0 N–H and O–H groups in total. The second-order valence-corrected chi connectivity index (χ2v) is 5.30. The summed E-state index contributed by atoms with van der Waals surface area (Å²) in [5, 5.41) is 0. The third-order valence-corrected chi connectivity index (χ3v) is 3.54. The van der Waals surface area contributed by atoms with Gasteiger partial charge >= 0.3 is 0 Å². The number of hydrogen-bond donors (Lipinski definition) is 0. The van der Waals surface area contributed by atoms with Crippen LogP contribution in [-0.2, 0) is 6.42 Å². The second-order valence-electron chi connectivity index (χ2n) is 5.30. The van der Waals surface area contributed by atoms with Crippen LogP contribution in [0, 0.1) is 5.41 Å². The van der Waals surface area contributed by atoms with Crippen LogP contribution in [0.15, 0.2) is 35.3 Å². The third-order valence-electron chi connectivity index (χ3n) is 3.54. The zero-order chi connectivity index (χ0) is 11.4. The minimum Gasteiger partial charge on any atom is -0.294 e. The van der Waals surface area contributed by atoms with Gasteiger partial charge in [0.1, 0.15) is 0 Å². The third kappa shape index (κ3) is 2.72. The van der Waals surface area contributed by atoms with E-state index in [1.807, 2.05) is 0 Å². The fraction of sp³-hybridized carbons (Fsp3) is 0.533. The van der Waals surface area contributed by atoms with Gasteiger partial charge in [-0.15, -0.1) is 0 Å². The van der Waals surface area contributed by atoms with Crippen molar-refractivity contribution in [3.8, 4) is 0 Å². The standard InChI is InChI=1S/C15H21N/c1-15(2)11-12-16-14(15)10-6-9-13-7-4-3-5-8-13/h3-5,7-8H,6,9-12H2,1-2H3. The normalized spacial score (nSPS) is 18.5. The Labute approximate surface area is 98.6 Å². The molecule has 0 unspecified atom stereocenters. The largest absolute Gasteiger partial charge is 0.294 e. The highest BCUT2D eigenvalue weighted by atomic mass is 14.8. The van der Waals surface area contributed by atoms with E-state index in [1.54, 1.807) is 0 Å². The van der Waals surface area contributed by atoms with Crippen molar-refractivity contribution >= 4 is 5.71 Å². The Hall–Kier alpha value is -1.11. The molecule has 0 saturated heterocycles. The van der Waals surface area contributed by atoms with Gasteiger partial charge in [-0.3, -0.25) is 4.99 Å². The zero-order valence-electron chi connectivity index (χ0n) is 10.4. The number of nitrogens with zero attached hydrogens (tertiary/aromatic N) is 1. The van der Waals surface area contributed by atoms with E-state index in [9.17, 15) is 0 Å². The van der Waals surface area contributed by atoms with Crippen molar-refractivity contribution in [3.05, 3.63) is 35.9 Å². The monoisotopic (exact) mass is 215 g/mol. The lowest BCUT2D eigenvalue weighted by molar-refractivity contribution is 0.509. The van der Waals surface area contributed by atoms with Gasteiger partial charge < -0.3 is 0 Å². The van der Waals surface area contributed by atoms with Gasteiger partial charge in [0.2, 0.25) is 0 Å². The maximum atomic E-state index is 4.64. The summed E-state index contributed by atoms with van der Waals surface area (Å²) in [4.78, 5) is 4.64. The van der Waals surface area contributed by atoms with Gasteiger partial charge in [-0.25, -0.2) is 0 Å². The topological polar surface area (TPSA) is 12.4 Å². The van der Waals surface area contributed by atoms with Gasteiger partial charge in [-0.1, -0.05) is 44.2 Å². The molecule has 0 spiro atoms. The molecule has 0 radical (unpaired) electrons. The minimum absolute atomic E-state index is 0.358. The number of hydrogen-bond acceptors (Lipinski definition) is 1. The predicted molar refractivity (Wildman–Crippen MR) is 70.1 cm³/mol. The van der Waals surface area contributed by atoms with Crippen LogP contribution in [0.4, 0.5) is 0 Å². The quantitative estimate of drug-likeness (QED) is 0.722. The summed E-state index contributed by atoms with van der Waals surface area (Å²) in [6.07, 6.45) is 4.80. The summed E-state index contributed by atoms with van der Waals surface area (Å²) in [7, 11) is 0. The summed E-state index contributed by atoms with van der Waals surface area (Å²) in [5.41, 5.74) is 3.23. The molecular weight excluding hydrogens is 194 g/mol. The van der Waals surface area contributed by atoms with E-state index in [4.69, 9.17) is 0 Å². The van der Waals surface area contributed by atoms with Gasteiger partial charge in [-0.05, 0) is 31.2 Å². The van der Waals surface area contributed by atoms with E-state index in [0.29, 0.717) is 5.41 Å². The highest BCUT2D eigenvalue weighted by molar-refractivity contribution is 5.91. The van der Waals surface area contributed by atoms with Crippen molar-refractivity contribution in [2.24, 2.45) is 10.4 Å². The van der Waals surface area contributed by atoms with Gasteiger partial charge in [0.25, 0.3) is 0 Å². The van der Waals surface area contributed by atoms with Crippen molar-refractivity contribution in [1.29, 1.82) is 0 Å². The maximum absolute atomic E-state index is 4.64. The molecule has 0 aromatic heterocycles. The van der Waals surface area contributed by atoms with Crippen LogP contribution in [0.1, 0.15) is 38.7 Å². The fourth-order valence-electron chi connectivity index (χ4n) is 2.35. The molecule has 0 atom stereocenters. The summed E-state index contributed by atoms with van der Waals surface area (Å²) in [6, 6.07) is 10.7. The van der Waals surface area contributed by atoms with Crippen LogP contribution in [0.25, 0.3) is 0 Å². The Morgan fingerprint density at radius 3 is 2.50 bits per heavy atom. The van der Waals surface area contributed by atoms with Crippen LogP contribution >= 0.6 is 0 Å². The molecule has 1 nitrogen and oxygen atoms in total. The summed E-state index contributed by atoms with van der Waals surface area (Å²) >= 11 is 0. The summed E-state index contributed by atoms with van der Waals surface area (Å²) in [5.74, 6) is 0. The maximum Gasteiger partial charge on any atom is 0.0397 e. The predicted octanol–water partition coefficient (Wildman–Crippen LogP) is 3.88. The highest BCUT2D eigenvalue weighted by Gasteiger charge is 2.28. The molecule has 16 heavy (non-hydrogen) atoms. The van der Waals surface area contributed by atoms with Crippen molar-refractivity contribution in [1.82, 2.24) is 0 Å². The van der Waals surface area contributed by atoms with Crippen LogP contribution in [0.3, 0.4) is 0 Å². The number of aliphatic imine (C=N–C) groups is 1. The first-order valence-corrected chi connectivity index (χ1v) is 6.26. The molecule has 1 aromatic rings. The number of rotatable bonds is 4. The molecule has 1 aliphatic heterocycles. The molecule has 1 aromatic carbocycles. The molecular formula is C15H21N. The average molecular weight is 215 g/mol. The van der Waals surface area contributed by atoms with Crippen molar-refractivity contribution < 1.29 is 0 Å².